The second-order valence-corrected chi connectivity index (χ2v) is 8.25. The number of benzene rings is 1. The first kappa shape index (κ1) is 22.1. The molecule has 1 aromatic heterocycles. The molecular weight excluding hydrogens is 374 g/mol. The minimum atomic E-state index is -1.25. The molecule has 3 N–H and O–H groups in total. The number of hydrogen-bond donors (Lipinski definition) is 3. The van der Waals surface area contributed by atoms with Crippen LogP contribution in [0.2, 0.25) is 0 Å². The minimum Gasteiger partial charge on any atom is -0.505 e. The quantitative estimate of drug-likeness (QED) is 0.682. The van der Waals surface area contributed by atoms with Crippen LogP contribution in [0, 0.1) is 0 Å². The Morgan fingerprint density at radius 2 is 1.76 bits per heavy atom. The molecule has 1 aromatic carbocycles. The predicted octanol–water partition coefficient (Wildman–Crippen LogP) is 2.23. The predicted molar refractivity (Wildman–Crippen MR) is 108 cm³/mol. The Balaban J connectivity index is 2.47. The number of aliphatic carboxylic acids is 1. The number of amides is 1. The average Bonchev–Trinajstić information content (AvgIpc) is 2.61. The summed E-state index contributed by atoms with van der Waals surface area (Å²) in [6.45, 7) is 9.30. The summed E-state index contributed by atoms with van der Waals surface area (Å²) in [5.74, 6) is -2.98. The van der Waals surface area contributed by atoms with Crippen LogP contribution >= 0.6 is 0 Å². The molecule has 1 heterocycles. The maximum absolute atomic E-state index is 12.8. The highest BCUT2D eigenvalue weighted by atomic mass is 16.4. The number of aromatic nitrogens is 2. The summed E-state index contributed by atoms with van der Waals surface area (Å²) in [6, 6.07) is 7.73. The molecular formula is C21H27N3O5. The van der Waals surface area contributed by atoms with E-state index in [2.05, 4.69) is 31.2 Å². The summed E-state index contributed by atoms with van der Waals surface area (Å²) in [5.41, 5.74) is 0.850. The number of rotatable bonds is 6. The van der Waals surface area contributed by atoms with Crippen LogP contribution in [0.3, 0.4) is 0 Å². The third-order valence-electron chi connectivity index (χ3n) is 4.48. The highest BCUT2D eigenvalue weighted by molar-refractivity contribution is 5.98. The Hall–Kier alpha value is -3.16. The van der Waals surface area contributed by atoms with Crippen molar-refractivity contribution < 1.29 is 19.8 Å². The van der Waals surface area contributed by atoms with Crippen molar-refractivity contribution in [2.24, 2.45) is 0 Å². The van der Waals surface area contributed by atoms with Crippen LogP contribution in [-0.4, -0.2) is 38.4 Å². The van der Waals surface area contributed by atoms with Crippen LogP contribution in [0.1, 0.15) is 67.7 Å². The second kappa shape index (κ2) is 8.46. The Kier molecular flexibility index (Phi) is 6.46. The van der Waals surface area contributed by atoms with E-state index in [0.717, 1.165) is 15.8 Å². The summed E-state index contributed by atoms with van der Waals surface area (Å²) >= 11 is 0. The van der Waals surface area contributed by atoms with Crippen LogP contribution < -0.4 is 10.9 Å². The number of nitrogens with one attached hydrogen (secondary N) is 1. The Bertz CT molecular complexity index is 970. The Morgan fingerprint density at radius 3 is 2.24 bits per heavy atom. The number of carbonyl (C=O) groups is 2. The van der Waals surface area contributed by atoms with E-state index in [4.69, 9.17) is 5.11 Å². The molecule has 0 aliphatic heterocycles. The van der Waals surface area contributed by atoms with E-state index in [0.29, 0.717) is 0 Å². The highest BCUT2D eigenvalue weighted by Crippen LogP contribution is 2.25. The van der Waals surface area contributed by atoms with Gasteiger partial charge in [0.1, 0.15) is 17.8 Å². The van der Waals surface area contributed by atoms with Crippen molar-refractivity contribution in [1.29, 1.82) is 0 Å². The van der Waals surface area contributed by atoms with E-state index < -0.39 is 35.3 Å². The molecule has 2 aromatic rings. The standard InChI is InChI=1S/C21H27N3O5/c1-12(2)17-18(27)16(19(28)22-10-15(25)26)20(29)24(23-17)11-13-6-8-14(9-7-13)21(3,4)5/h6-9,12,27H,10-11H2,1-5H3,(H,22,28)(H,25,26). The van der Waals surface area contributed by atoms with Crippen LogP contribution in [-0.2, 0) is 16.8 Å². The fraction of sp³-hybridized carbons (Fsp3) is 0.429. The van der Waals surface area contributed by atoms with E-state index in [1.165, 1.54) is 0 Å². The van der Waals surface area contributed by atoms with E-state index >= 15 is 0 Å². The number of carboxylic acid groups (broad SMARTS) is 1. The van der Waals surface area contributed by atoms with Crippen LogP contribution in [0.15, 0.2) is 29.1 Å². The van der Waals surface area contributed by atoms with Gasteiger partial charge in [-0.25, -0.2) is 4.68 Å². The van der Waals surface area contributed by atoms with Crippen LogP contribution in [0.4, 0.5) is 0 Å². The van der Waals surface area contributed by atoms with E-state index in [-0.39, 0.29) is 23.6 Å². The second-order valence-electron chi connectivity index (χ2n) is 8.25. The van der Waals surface area contributed by atoms with Crippen molar-refractivity contribution in [3.8, 4) is 5.75 Å². The molecule has 0 atom stereocenters. The molecule has 1 amide bonds. The first-order chi connectivity index (χ1) is 13.4. The summed E-state index contributed by atoms with van der Waals surface area (Å²) in [4.78, 5) is 35.9. The zero-order valence-corrected chi connectivity index (χ0v) is 17.3. The van der Waals surface area contributed by atoms with E-state index in [9.17, 15) is 19.5 Å². The van der Waals surface area contributed by atoms with Crippen molar-refractivity contribution >= 4 is 11.9 Å². The lowest BCUT2D eigenvalue weighted by Crippen LogP contribution is -2.37. The number of hydrogen-bond acceptors (Lipinski definition) is 5. The SMILES string of the molecule is CC(C)c1nn(Cc2ccc(C(C)(C)C)cc2)c(=O)c(C(=O)NCC(=O)O)c1O. The van der Waals surface area contributed by atoms with Crippen molar-refractivity contribution in [3.05, 3.63) is 57.0 Å². The van der Waals surface area contributed by atoms with E-state index in [1.807, 2.05) is 24.3 Å². The van der Waals surface area contributed by atoms with Crippen molar-refractivity contribution in [2.45, 2.75) is 52.5 Å². The van der Waals surface area contributed by atoms with Gasteiger partial charge in [-0.3, -0.25) is 14.4 Å². The highest BCUT2D eigenvalue weighted by Gasteiger charge is 2.24. The molecule has 8 heteroatoms. The summed E-state index contributed by atoms with van der Waals surface area (Å²) in [6.07, 6.45) is 0. The molecule has 0 unspecified atom stereocenters. The van der Waals surface area contributed by atoms with Gasteiger partial charge in [-0.2, -0.15) is 5.10 Å². The van der Waals surface area contributed by atoms with Crippen molar-refractivity contribution in [3.63, 3.8) is 0 Å². The topological polar surface area (TPSA) is 122 Å². The van der Waals surface area contributed by atoms with E-state index in [1.54, 1.807) is 13.8 Å². The summed E-state index contributed by atoms with van der Waals surface area (Å²) in [7, 11) is 0. The van der Waals surface area contributed by atoms with Gasteiger partial charge in [-0.05, 0) is 16.5 Å². The third kappa shape index (κ3) is 5.22. The molecule has 0 spiro atoms. The monoisotopic (exact) mass is 401 g/mol. The molecule has 0 fully saturated rings. The molecule has 2 rings (SSSR count). The fourth-order valence-corrected chi connectivity index (χ4v) is 2.81. The first-order valence-electron chi connectivity index (χ1n) is 9.35. The molecule has 0 radical (unpaired) electrons. The first-order valence-corrected chi connectivity index (χ1v) is 9.35. The van der Waals surface area contributed by atoms with Gasteiger partial charge in [0.15, 0.2) is 5.75 Å². The minimum absolute atomic E-state index is 0.00757. The van der Waals surface area contributed by atoms with Crippen molar-refractivity contribution in [1.82, 2.24) is 15.1 Å². The smallest absolute Gasteiger partial charge is 0.322 e. The number of nitrogens with zero attached hydrogens (tertiary/aromatic N) is 2. The summed E-state index contributed by atoms with van der Waals surface area (Å²) < 4.78 is 1.12. The van der Waals surface area contributed by atoms with Gasteiger partial charge in [-0.1, -0.05) is 58.9 Å². The van der Waals surface area contributed by atoms with Gasteiger partial charge >= 0.3 is 5.97 Å². The number of carboxylic acids is 1. The molecule has 0 saturated carbocycles. The Morgan fingerprint density at radius 1 is 1.17 bits per heavy atom. The van der Waals surface area contributed by atoms with Gasteiger partial charge in [0.25, 0.3) is 11.5 Å². The normalized spacial score (nSPS) is 11.5. The van der Waals surface area contributed by atoms with Gasteiger partial charge in [0.2, 0.25) is 0 Å². The molecule has 0 aliphatic carbocycles. The lowest BCUT2D eigenvalue weighted by Gasteiger charge is -2.19. The molecule has 0 aliphatic rings. The number of aromatic hydroxyl groups is 1. The molecule has 156 valence electrons. The third-order valence-corrected chi connectivity index (χ3v) is 4.48. The molecule has 29 heavy (non-hydrogen) atoms. The lowest BCUT2D eigenvalue weighted by atomic mass is 9.87. The molecule has 8 nitrogen and oxygen atoms in total. The molecule has 0 saturated heterocycles. The zero-order chi connectivity index (χ0) is 21.9. The van der Waals surface area contributed by atoms with Gasteiger partial charge < -0.3 is 15.5 Å². The Labute approximate surface area is 169 Å². The van der Waals surface area contributed by atoms with Crippen molar-refractivity contribution in [2.75, 3.05) is 6.54 Å². The largest absolute Gasteiger partial charge is 0.505 e. The fourth-order valence-electron chi connectivity index (χ4n) is 2.81. The molecule has 0 bridgehead atoms. The zero-order valence-electron chi connectivity index (χ0n) is 17.3. The van der Waals surface area contributed by atoms with Gasteiger partial charge in [0, 0.05) is 5.92 Å². The summed E-state index contributed by atoms with van der Waals surface area (Å²) in [5, 5.41) is 25.5. The number of carbonyl (C=O) groups excluding carboxylic acids is 1. The van der Waals surface area contributed by atoms with Gasteiger partial charge in [0.05, 0.1) is 6.54 Å². The van der Waals surface area contributed by atoms with Crippen LogP contribution in [0.5, 0.6) is 5.75 Å². The lowest BCUT2D eigenvalue weighted by molar-refractivity contribution is -0.135. The van der Waals surface area contributed by atoms with Crippen LogP contribution in [0.25, 0.3) is 0 Å². The average molecular weight is 401 g/mol. The maximum Gasteiger partial charge on any atom is 0.322 e. The van der Waals surface area contributed by atoms with Gasteiger partial charge in [-0.15, -0.1) is 0 Å². The maximum atomic E-state index is 12.8.